The van der Waals surface area contributed by atoms with E-state index in [0.29, 0.717) is 18.5 Å². The maximum Gasteiger partial charge on any atom is 0.191 e. The predicted octanol–water partition coefficient (Wildman–Crippen LogP) is 4.07. The van der Waals surface area contributed by atoms with Crippen LogP contribution in [0.15, 0.2) is 65.2 Å². The number of aliphatic imine (C=N–C) groups is 1. The summed E-state index contributed by atoms with van der Waals surface area (Å²) < 4.78 is 1.88. The zero-order chi connectivity index (χ0) is 21.5. The molecule has 6 nitrogen and oxygen atoms in total. The summed E-state index contributed by atoms with van der Waals surface area (Å²) in [5, 5.41) is 13.5. The Kier molecular flexibility index (Phi) is 7.38. The van der Waals surface area contributed by atoms with Gasteiger partial charge in [-0.3, -0.25) is 4.90 Å². The molecular formula is C24H32N6S. The van der Waals surface area contributed by atoms with Gasteiger partial charge in [0.2, 0.25) is 0 Å². The predicted molar refractivity (Wildman–Crippen MR) is 129 cm³/mol. The van der Waals surface area contributed by atoms with Crippen LogP contribution in [0.5, 0.6) is 0 Å². The minimum absolute atomic E-state index is 0.481. The zero-order valence-electron chi connectivity index (χ0n) is 18.4. The van der Waals surface area contributed by atoms with Gasteiger partial charge in [-0.25, -0.2) is 9.67 Å². The van der Waals surface area contributed by atoms with Crippen LogP contribution in [0.2, 0.25) is 0 Å². The third-order valence-electron chi connectivity index (χ3n) is 5.82. The van der Waals surface area contributed by atoms with E-state index in [1.165, 1.54) is 29.8 Å². The largest absolute Gasteiger partial charge is 0.357 e. The summed E-state index contributed by atoms with van der Waals surface area (Å²) in [5.74, 6) is 1.45. The van der Waals surface area contributed by atoms with E-state index in [-0.39, 0.29) is 0 Å². The van der Waals surface area contributed by atoms with Crippen LogP contribution in [0.4, 0.5) is 0 Å². The first-order valence-corrected chi connectivity index (χ1v) is 12.0. The molecule has 0 amide bonds. The number of benzene rings is 1. The Bertz CT molecular complexity index is 950. The van der Waals surface area contributed by atoms with Gasteiger partial charge in [0.15, 0.2) is 5.96 Å². The van der Waals surface area contributed by atoms with E-state index in [4.69, 9.17) is 4.99 Å². The molecule has 0 radical (unpaired) electrons. The van der Waals surface area contributed by atoms with E-state index >= 15 is 0 Å². The Hall–Kier alpha value is -2.64. The van der Waals surface area contributed by atoms with Gasteiger partial charge >= 0.3 is 0 Å². The molecule has 1 fully saturated rings. The van der Waals surface area contributed by atoms with Crippen LogP contribution in [0.1, 0.15) is 36.2 Å². The lowest BCUT2D eigenvalue weighted by molar-refractivity contribution is 0.125. The Morgan fingerprint density at radius 3 is 2.94 bits per heavy atom. The molecule has 0 spiro atoms. The number of aromatic nitrogens is 2. The van der Waals surface area contributed by atoms with Crippen molar-refractivity contribution in [3.8, 4) is 5.69 Å². The summed E-state index contributed by atoms with van der Waals surface area (Å²) in [6.45, 7) is 5.67. The average Bonchev–Trinajstić information content (AvgIpc) is 3.50. The number of guanidine groups is 1. The summed E-state index contributed by atoms with van der Waals surface area (Å²) in [4.78, 5) is 8.82. The highest BCUT2D eigenvalue weighted by atomic mass is 32.1. The standard InChI is InChI=1S/C24H32N6S/c1-3-25-24(26-17-19-8-4-10-21(16-19)30-14-7-12-28-30)27-18-20-9-5-13-29(2)23(20)22-11-6-15-31-22/h4,6-8,10-12,14-16,20,23H,3,5,9,13,17-18H2,1-2H3,(H2,25,26,27). The van der Waals surface area contributed by atoms with E-state index in [0.717, 1.165) is 24.7 Å². The Labute approximate surface area is 189 Å². The molecule has 31 heavy (non-hydrogen) atoms. The first kappa shape index (κ1) is 21.6. The lowest BCUT2D eigenvalue weighted by atomic mass is 9.88. The van der Waals surface area contributed by atoms with Crippen LogP contribution < -0.4 is 10.6 Å². The number of nitrogens with one attached hydrogen (secondary N) is 2. The molecule has 2 N–H and O–H groups in total. The number of piperidine rings is 1. The quantitative estimate of drug-likeness (QED) is 0.433. The number of likely N-dealkylation sites (tertiary alicyclic amines) is 1. The number of rotatable bonds is 7. The molecule has 4 rings (SSSR count). The highest BCUT2D eigenvalue weighted by Crippen LogP contribution is 2.36. The highest BCUT2D eigenvalue weighted by molar-refractivity contribution is 7.10. The summed E-state index contributed by atoms with van der Waals surface area (Å²) in [6.07, 6.45) is 6.24. The first-order chi connectivity index (χ1) is 15.2. The van der Waals surface area contributed by atoms with Gasteiger partial charge in [-0.15, -0.1) is 11.3 Å². The van der Waals surface area contributed by atoms with Gasteiger partial charge in [0, 0.05) is 36.4 Å². The molecule has 2 aromatic heterocycles. The summed E-state index contributed by atoms with van der Waals surface area (Å²) in [6, 6.07) is 15.2. The van der Waals surface area contributed by atoms with E-state index < -0.39 is 0 Å². The van der Waals surface area contributed by atoms with E-state index in [9.17, 15) is 0 Å². The minimum Gasteiger partial charge on any atom is -0.357 e. The second kappa shape index (κ2) is 10.6. The van der Waals surface area contributed by atoms with Gasteiger partial charge in [0.05, 0.1) is 12.2 Å². The number of nitrogens with zero attached hydrogens (tertiary/aromatic N) is 4. The molecule has 2 atom stereocenters. The summed E-state index contributed by atoms with van der Waals surface area (Å²) in [7, 11) is 2.25. The normalized spacial score (nSPS) is 20.0. The monoisotopic (exact) mass is 436 g/mol. The fourth-order valence-electron chi connectivity index (χ4n) is 4.34. The molecule has 0 bridgehead atoms. The third kappa shape index (κ3) is 5.54. The maximum absolute atomic E-state index is 4.85. The lowest BCUT2D eigenvalue weighted by Crippen LogP contribution is -2.44. The van der Waals surface area contributed by atoms with Crippen LogP contribution in [0, 0.1) is 5.92 Å². The molecule has 3 heterocycles. The fraction of sp³-hybridized carbons (Fsp3) is 0.417. The summed E-state index contributed by atoms with van der Waals surface area (Å²) in [5.41, 5.74) is 2.22. The Balaban J connectivity index is 1.42. The molecule has 164 valence electrons. The smallest absolute Gasteiger partial charge is 0.191 e. The van der Waals surface area contributed by atoms with Crippen molar-refractivity contribution in [3.63, 3.8) is 0 Å². The molecule has 2 unspecified atom stereocenters. The number of hydrogen-bond donors (Lipinski definition) is 2. The fourth-order valence-corrected chi connectivity index (χ4v) is 5.32. The Morgan fingerprint density at radius 2 is 2.16 bits per heavy atom. The van der Waals surface area contributed by atoms with Crippen molar-refractivity contribution in [1.29, 1.82) is 0 Å². The molecule has 0 saturated carbocycles. The van der Waals surface area contributed by atoms with Crippen molar-refractivity contribution in [2.75, 3.05) is 26.7 Å². The van der Waals surface area contributed by atoms with Crippen LogP contribution in [0.25, 0.3) is 5.69 Å². The molecule has 1 saturated heterocycles. The number of thiophene rings is 1. The van der Waals surface area contributed by atoms with Gasteiger partial charge < -0.3 is 10.6 Å². The molecule has 7 heteroatoms. The lowest BCUT2D eigenvalue weighted by Gasteiger charge is -2.39. The van der Waals surface area contributed by atoms with Crippen LogP contribution >= 0.6 is 11.3 Å². The van der Waals surface area contributed by atoms with Gasteiger partial charge in [0.25, 0.3) is 0 Å². The van der Waals surface area contributed by atoms with Crippen molar-refractivity contribution >= 4 is 17.3 Å². The molecule has 1 aliphatic rings. The van der Waals surface area contributed by atoms with Crippen LogP contribution in [-0.2, 0) is 6.54 Å². The zero-order valence-corrected chi connectivity index (χ0v) is 19.2. The highest BCUT2D eigenvalue weighted by Gasteiger charge is 2.31. The SMILES string of the molecule is CCNC(=NCc1cccc(-n2cccn2)c1)NCC1CCCN(C)C1c1cccs1. The summed E-state index contributed by atoms with van der Waals surface area (Å²) >= 11 is 1.87. The second-order valence-corrected chi connectivity index (χ2v) is 9.02. The molecule has 0 aliphatic carbocycles. The van der Waals surface area contributed by atoms with Crippen LogP contribution in [0.3, 0.4) is 0 Å². The third-order valence-corrected chi connectivity index (χ3v) is 6.76. The molecule has 3 aromatic rings. The van der Waals surface area contributed by atoms with Gasteiger partial charge in [-0.1, -0.05) is 18.2 Å². The number of hydrogen-bond acceptors (Lipinski definition) is 4. The maximum atomic E-state index is 4.85. The van der Waals surface area contributed by atoms with Crippen LogP contribution in [-0.4, -0.2) is 47.3 Å². The topological polar surface area (TPSA) is 57.5 Å². The second-order valence-electron chi connectivity index (χ2n) is 8.04. The van der Waals surface area contributed by atoms with Crippen molar-refractivity contribution in [2.24, 2.45) is 10.9 Å². The molecular weight excluding hydrogens is 404 g/mol. The minimum atomic E-state index is 0.481. The van der Waals surface area contributed by atoms with Gasteiger partial charge in [-0.05, 0) is 74.5 Å². The van der Waals surface area contributed by atoms with E-state index in [1.807, 2.05) is 28.3 Å². The van der Waals surface area contributed by atoms with Gasteiger partial charge in [-0.2, -0.15) is 5.10 Å². The van der Waals surface area contributed by atoms with Gasteiger partial charge in [0.1, 0.15) is 0 Å². The van der Waals surface area contributed by atoms with E-state index in [2.05, 4.69) is 76.4 Å². The Morgan fingerprint density at radius 1 is 1.23 bits per heavy atom. The van der Waals surface area contributed by atoms with Crippen molar-refractivity contribution in [1.82, 2.24) is 25.3 Å². The van der Waals surface area contributed by atoms with E-state index in [1.54, 1.807) is 6.20 Å². The first-order valence-electron chi connectivity index (χ1n) is 11.1. The van der Waals surface area contributed by atoms with Crippen molar-refractivity contribution < 1.29 is 0 Å². The van der Waals surface area contributed by atoms with Crippen molar-refractivity contribution in [2.45, 2.75) is 32.4 Å². The molecule has 1 aliphatic heterocycles. The average molecular weight is 437 g/mol. The molecule has 1 aromatic carbocycles. The van der Waals surface area contributed by atoms with Crippen molar-refractivity contribution in [3.05, 3.63) is 70.7 Å².